The van der Waals surface area contributed by atoms with Gasteiger partial charge in [0, 0.05) is 36.6 Å². The van der Waals surface area contributed by atoms with Gasteiger partial charge in [0.15, 0.2) is 0 Å². The Bertz CT molecular complexity index is 625. The lowest BCUT2D eigenvalue weighted by molar-refractivity contribution is -0.126. The van der Waals surface area contributed by atoms with E-state index in [4.69, 9.17) is 5.73 Å². The van der Waals surface area contributed by atoms with Crippen LogP contribution in [0.25, 0.3) is 5.82 Å². The molecule has 2 aromatic heterocycles. The monoisotopic (exact) mass is 299 g/mol. The summed E-state index contributed by atoms with van der Waals surface area (Å²) in [5.74, 6) is 1.27. The number of aromatic nitrogens is 3. The molecule has 3 rings (SSSR count). The third-order valence-electron chi connectivity index (χ3n) is 4.37. The SMILES string of the molecule is NC[C@H]1CCC[C@H]1C(=O)NCc1cccnc1-n1ccnc1. The van der Waals surface area contributed by atoms with Crippen LogP contribution in [0, 0.1) is 11.8 Å². The number of carbonyl (C=O) groups is 1. The van der Waals surface area contributed by atoms with E-state index in [2.05, 4.69) is 15.3 Å². The Labute approximate surface area is 129 Å². The third kappa shape index (κ3) is 3.01. The van der Waals surface area contributed by atoms with Crippen molar-refractivity contribution in [1.29, 1.82) is 0 Å². The van der Waals surface area contributed by atoms with E-state index in [0.717, 1.165) is 30.6 Å². The zero-order chi connectivity index (χ0) is 15.4. The van der Waals surface area contributed by atoms with Crippen molar-refractivity contribution >= 4 is 5.91 Å². The van der Waals surface area contributed by atoms with E-state index in [9.17, 15) is 4.79 Å². The topological polar surface area (TPSA) is 85.8 Å². The van der Waals surface area contributed by atoms with Crippen molar-refractivity contribution in [3.63, 3.8) is 0 Å². The van der Waals surface area contributed by atoms with Crippen molar-refractivity contribution in [2.24, 2.45) is 17.6 Å². The highest BCUT2D eigenvalue weighted by atomic mass is 16.1. The molecule has 0 saturated heterocycles. The Morgan fingerprint density at radius 1 is 1.41 bits per heavy atom. The van der Waals surface area contributed by atoms with Crippen LogP contribution in [-0.2, 0) is 11.3 Å². The van der Waals surface area contributed by atoms with Gasteiger partial charge >= 0.3 is 0 Å². The molecule has 0 spiro atoms. The number of carbonyl (C=O) groups excluding carboxylic acids is 1. The molecular formula is C16H21N5O. The van der Waals surface area contributed by atoms with Crippen LogP contribution in [0.4, 0.5) is 0 Å². The van der Waals surface area contributed by atoms with Gasteiger partial charge in [0.05, 0.1) is 0 Å². The number of nitrogens with zero attached hydrogens (tertiary/aromatic N) is 3. The second-order valence-electron chi connectivity index (χ2n) is 5.71. The average molecular weight is 299 g/mol. The van der Waals surface area contributed by atoms with E-state index in [1.54, 1.807) is 18.7 Å². The van der Waals surface area contributed by atoms with Gasteiger partial charge in [-0.25, -0.2) is 9.97 Å². The van der Waals surface area contributed by atoms with Gasteiger partial charge in [-0.1, -0.05) is 12.5 Å². The van der Waals surface area contributed by atoms with Crippen LogP contribution in [0.1, 0.15) is 24.8 Å². The van der Waals surface area contributed by atoms with E-state index >= 15 is 0 Å². The van der Waals surface area contributed by atoms with E-state index in [1.807, 2.05) is 22.9 Å². The largest absolute Gasteiger partial charge is 0.352 e. The van der Waals surface area contributed by atoms with E-state index in [-0.39, 0.29) is 11.8 Å². The molecule has 22 heavy (non-hydrogen) atoms. The predicted molar refractivity (Wildman–Crippen MR) is 83.1 cm³/mol. The molecule has 1 saturated carbocycles. The molecule has 0 bridgehead atoms. The van der Waals surface area contributed by atoms with Gasteiger partial charge in [0.2, 0.25) is 5.91 Å². The van der Waals surface area contributed by atoms with Gasteiger partial charge < -0.3 is 11.1 Å². The highest BCUT2D eigenvalue weighted by Gasteiger charge is 2.31. The first-order valence-corrected chi connectivity index (χ1v) is 7.69. The van der Waals surface area contributed by atoms with Crippen molar-refractivity contribution in [2.75, 3.05) is 6.54 Å². The summed E-state index contributed by atoms with van der Waals surface area (Å²) in [6.07, 6.45) is 10.1. The number of rotatable bonds is 5. The van der Waals surface area contributed by atoms with E-state index in [0.29, 0.717) is 19.0 Å². The minimum absolute atomic E-state index is 0.0540. The first-order chi connectivity index (χ1) is 10.8. The Morgan fingerprint density at radius 2 is 2.32 bits per heavy atom. The molecule has 2 heterocycles. The fourth-order valence-electron chi connectivity index (χ4n) is 3.16. The zero-order valence-corrected chi connectivity index (χ0v) is 12.5. The second-order valence-corrected chi connectivity index (χ2v) is 5.71. The smallest absolute Gasteiger partial charge is 0.223 e. The molecule has 1 aliphatic rings. The maximum absolute atomic E-state index is 12.4. The Balaban J connectivity index is 1.68. The minimum Gasteiger partial charge on any atom is -0.352 e. The van der Waals surface area contributed by atoms with Gasteiger partial charge in [-0.15, -0.1) is 0 Å². The maximum Gasteiger partial charge on any atom is 0.223 e. The van der Waals surface area contributed by atoms with E-state index < -0.39 is 0 Å². The van der Waals surface area contributed by atoms with Crippen LogP contribution in [-0.4, -0.2) is 27.0 Å². The fourth-order valence-corrected chi connectivity index (χ4v) is 3.16. The summed E-state index contributed by atoms with van der Waals surface area (Å²) in [6.45, 7) is 1.05. The van der Waals surface area contributed by atoms with Crippen molar-refractivity contribution in [3.8, 4) is 5.82 Å². The van der Waals surface area contributed by atoms with Gasteiger partial charge in [-0.2, -0.15) is 0 Å². The molecule has 0 unspecified atom stereocenters. The number of hydrogen-bond donors (Lipinski definition) is 2. The summed E-state index contributed by atoms with van der Waals surface area (Å²) in [7, 11) is 0. The molecule has 2 atom stereocenters. The molecule has 6 nitrogen and oxygen atoms in total. The highest BCUT2D eigenvalue weighted by Crippen LogP contribution is 2.31. The molecular weight excluding hydrogens is 278 g/mol. The number of amides is 1. The van der Waals surface area contributed by atoms with Gasteiger partial charge in [-0.3, -0.25) is 9.36 Å². The highest BCUT2D eigenvalue weighted by molar-refractivity contribution is 5.79. The number of nitrogens with one attached hydrogen (secondary N) is 1. The molecule has 2 aromatic rings. The first kappa shape index (κ1) is 14.7. The van der Waals surface area contributed by atoms with Crippen molar-refractivity contribution < 1.29 is 4.79 Å². The Hall–Kier alpha value is -2.21. The van der Waals surface area contributed by atoms with Crippen LogP contribution in [0.3, 0.4) is 0 Å². The molecule has 1 fully saturated rings. The molecule has 116 valence electrons. The second kappa shape index (κ2) is 6.70. The predicted octanol–water partition coefficient (Wildman–Crippen LogP) is 1.26. The number of pyridine rings is 1. The molecule has 1 aliphatic carbocycles. The Kier molecular flexibility index (Phi) is 4.48. The average Bonchev–Trinajstić information content (AvgIpc) is 3.23. The quantitative estimate of drug-likeness (QED) is 0.870. The fraction of sp³-hybridized carbons (Fsp3) is 0.438. The molecule has 0 aromatic carbocycles. The Morgan fingerprint density at radius 3 is 3.09 bits per heavy atom. The van der Waals surface area contributed by atoms with Crippen molar-refractivity contribution in [2.45, 2.75) is 25.8 Å². The third-order valence-corrected chi connectivity index (χ3v) is 4.37. The van der Waals surface area contributed by atoms with Crippen LogP contribution < -0.4 is 11.1 Å². The number of imidazole rings is 1. The zero-order valence-electron chi connectivity index (χ0n) is 12.5. The van der Waals surface area contributed by atoms with Crippen molar-refractivity contribution in [1.82, 2.24) is 19.9 Å². The lowest BCUT2D eigenvalue weighted by Gasteiger charge is -2.18. The van der Waals surface area contributed by atoms with Crippen LogP contribution >= 0.6 is 0 Å². The van der Waals surface area contributed by atoms with Crippen molar-refractivity contribution in [3.05, 3.63) is 42.6 Å². The summed E-state index contributed by atoms with van der Waals surface area (Å²) in [5.41, 5.74) is 6.73. The maximum atomic E-state index is 12.4. The standard InChI is InChI=1S/C16H21N5O/c17-9-12-3-1-5-14(12)16(22)20-10-13-4-2-6-19-15(13)21-8-7-18-11-21/h2,4,6-8,11-12,14H,1,3,5,9-10,17H2,(H,20,22)/t12-,14-/m1/s1. The number of hydrogen-bond acceptors (Lipinski definition) is 4. The lowest BCUT2D eigenvalue weighted by Crippen LogP contribution is -2.34. The summed E-state index contributed by atoms with van der Waals surface area (Å²) >= 11 is 0. The number of nitrogens with two attached hydrogens (primary N) is 1. The summed E-state index contributed by atoms with van der Waals surface area (Å²) in [5, 5.41) is 3.04. The van der Waals surface area contributed by atoms with Crippen LogP contribution in [0.5, 0.6) is 0 Å². The van der Waals surface area contributed by atoms with Gasteiger partial charge in [0.25, 0.3) is 0 Å². The molecule has 3 N–H and O–H groups in total. The van der Waals surface area contributed by atoms with Gasteiger partial charge in [0.1, 0.15) is 12.1 Å². The normalized spacial score (nSPS) is 21.0. The van der Waals surface area contributed by atoms with Crippen LogP contribution in [0.15, 0.2) is 37.1 Å². The summed E-state index contributed by atoms with van der Waals surface area (Å²) < 4.78 is 1.85. The lowest BCUT2D eigenvalue weighted by atomic mass is 9.95. The first-order valence-electron chi connectivity index (χ1n) is 7.69. The van der Waals surface area contributed by atoms with Gasteiger partial charge in [-0.05, 0) is 31.4 Å². The molecule has 0 radical (unpaired) electrons. The summed E-state index contributed by atoms with van der Waals surface area (Å²) in [6, 6.07) is 3.85. The molecule has 1 amide bonds. The molecule has 6 heteroatoms. The molecule has 0 aliphatic heterocycles. The minimum atomic E-state index is 0.0540. The van der Waals surface area contributed by atoms with Crippen LogP contribution in [0.2, 0.25) is 0 Å². The summed E-state index contributed by atoms with van der Waals surface area (Å²) in [4.78, 5) is 20.8. The van der Waals surface area contributed by atoms with E-state index in [1.165, 1.54) is 0 Å².